The van der Waals surface area contributed by atoms with Crippen LogP contribution in [0.4, 0.5) is 9.52 Å². The summed E-state index contributed by atoms with van der Waals surface area (Å²) >= 11 is 1.06. The topological polar surface area (TPSA) is 114 Å². The number of hydrogen-bond donors (Lipinski definition) is 2. The molecule has 0 saturated heterocycles. The molecule has 8 nitrogen and oxygen atoms in total. The van der Waals surface area contributed by atoms with Gasteiger partial charge in [0.05, 0.1) is 6.61 Å². The van der Waals surface area contributed by atoms with Crippen molar-refractivity contribution in [2.24, 2.45) is 0 Å². The van der Waals surface area contributed by atoms with Crippen LogP contribution in [0.2, 0.25) is 0 Å². The van der Waals surface area contributed by atoms with Gasteiger partial charge in [-0.2, -0.15) is 0 Å². The molecule has 29 heavy (non-hydrogen) atoms. The van der Waals surface area contributed by atoms with Gasteiger partial charge in [0.1, 0.15) is 10.7 Å². The van der Waals surface area contributed by atoms with Crippen molar-refractivity contribution < 1.29 is 27.1 Å². The molecule has 0 spiro atoms. The third-order valence-corrected chi connectivity index (χ3v) is 6.07. The fourth-order valence-corrected chi connectivity index (χ4v) is 4.64. The van der Waals surface area contributed by atoms with Gasteiger partial charge in [0.25, 0.3) is 5.91 Å². The maximum Gasteiger partial charge on any atom is 0.358 e. The van der Waals surface area contributed by atoms with Crippen LogP contribution in [-0.4, -0.2) is 37.4 Å². The summed E-state index contributed by atoms with van der Waals surface area (Å²) in [7, 11) is -4.18. The summed E-state index contributed by atoms with van der Waals surface area (Å²) < 4.78 is 46.3. The number of aryl methyl sites for hydroxylation is 1. The minimum Gasteiger partial charge on any atom is -0.461 e. The first-order chi connectivity index (χ1) is 13.3. The Labute approximate surface area is 172 Å². The standard InChI is InChI=1S/C18H22FN3O5S2/c1-6-27-16(24)14-10(2)28-17(20-14)21-15(23)11-7-8-12(19)13(9-11)29(25,26)22-18(3,4)5/h7-9,22H,6H2,1-5H3,(H,20,21,23). The monoisotopic (exact) mass is 443 g/mol. The third kappa shape index (κ3) is 5.81. The molecule has 0 atom stereocenters. The molecule has 0 aliphatic carbocycles. The lowest BCUT2D eigenvalue weighted by atomic mass is 10.1. The number of rotatable bonds is 6. The highest BCUT2D eigenvalue weighted by atomic mass is 32.2. The molecule has 158 valence electrons. The fourth-order valence-electron chi connectivity index (χ4n) is 2.32. The van der Waals surface area contributed by atoms with Crippen molar-refractivity contribution in [2.45, 2.75) is 45.1 Å². The number of carbonyl (C=O) groups is 2. The summed E-state index contributed by atoms with van der Waals surface area (Å²) in [6.07, 6.45) is 0. The molecular weight excluding hydrogens is 421 g/mol. The van der Waals surface area contributed by atoms with Crippen molar-refractivity contribution in [3.8, 4) is 0 Å². The van der Waals surface area contributed by atoms with Gasteiger partial charge in [-0.3, -0.25) is 10.1 Å². The molecule has 1 heterocycles. The molecule has 0 saturated carbocycles. The number of sulfonamides is 1. The molecule has 0 aliphatic heterocycles. The van der Waals surface area contributed by atoms with Gasteiger partial charge in [-0.1, -0.05) is 0 Å². The number of hydrogen-bond acceptors (Lipinski definition) is 7. The largest absolute Gasteiger partial charge is 0.461 e. The second kappa shape index (κ2) is 8.56. The van der Waals surface area contributed by atoms with Gasteiger partial charge in [-0.15, -0.1) is 11.3 Å². The van der Waals surface area contributed by atoms with E-state index < -0.39 is 38.2 Å². The molecule has 2 rings (SSSR count). The van der Waals surface area contributed by atoms with Gasteiger partial charge in [0, 0.05) is 16.0 Å². The molecule has 1 aromatic heterocycles. The Morgan fingerprint density at radius 2 is 1.93 bits per heavy atom. The number of nitrogens with one attached hydrogen (secondary N) is 2. The molecule has 0 fully saturated rings. The summed E-state index contributed by atoms with van der Waals surface area (Å²) in [5.74, 6) is -2.28. The number of nitrogens with zero attached hydrogens (tertiary/aromatic N) is 1. The Kier molecular flexibility index (Phi) is 6.76. The number of amides is 1. The van der Waals surface area contributed by atoms with Gasteiger partial charge in [-0.25, -0.2) is 27.3 Å². The molecule has 11 heteroatoms. The van der Waals surface area contributed by atoms with Crippen LogP contribution in [0.3, 0.4) is 0 Å². The second-order valence-electron chi connectivity index (χ2n) is 7.10. The molecule has 1 aromatic carbocycles. The van der Waals surface area contributed by atoms with E-state index in [1.54, 1.807) is 34.6 Å². The van der Waals surface area contributed by atoms with E-state index >= 15 is 0 Å². The van der Waals surface area contributed by atoms with E-state index in [0.29, 0.717) is 4.88 Å². The van der Waals surface area contributed by atoms with Gasteiger partial charge in [0.15, 0.2) is 10.8 Å². The van der Waals surface area contributed by atoms with Crippen LogP contribution in [0.1, 0.15) is 53.4 Å². The van der Waals surface area contributed by atoms with E-state index in [1.165, 1.54) is 0 Å². The number of anilines is 1. The number of thiazole rings is 1. The molecule has 0 aliphatic rings. The van der Waals surface area contributed by atoms with E-state index in [-0.39, 0.29) is 23.0 Å². The van der Waals surface area contributed by atoms with E-state index in [0.717, 1.165) is 29.5 Å². The third-order valence-electron chi connectivity index (χ3n) is 3.41. The second-order valence-corrected chi connectivity index (χ2v) is 9.95. The van der Waals surface area contributed by atoms with Gasteiger partial charge in [0.2, 0.25) is 10.0 Å². The molecule has 0 bridgehead atoms. The highest BCUT2D eigenvalue weighted by Gasteiger charge is 2.26. The SMILES string of the molecule is CCOC(=O)c1nc(NC(=O)c2ccc(F)c(S(=O)(=O)NC(C)(C)C)c2)sc1C. The average molecular weight is 444 g/mol. The fraction of sp³-hybridized carbons (Fsp3) is 0.389. The lowest BCUT2D eigenvalue weighted by Gasteiger charge is -2.20. The van der Waals surface area contributed by atoms with Crippen LogP contribution < -0.4 is 10.0 Å². The minimum atomic E-state index is -4.18. The molecular formula is C18H22FN3O5S2. The number of ether oxygens (including phenoxy) is 1. The van der Waals surface area contributed by atoms with Crippen LogP contribution >= 0.6 is 11.3 Å². The predicted molar refractivity (Wildman–Crippen MR) is 107 cm³/mol. The number of carbonyl (C=O) groups excluding carboxylic acids is 2. The van der Waals surface area contributed by atoms with Gasteiger partial charge >= 0.3 is 5.97 Å². The summed E-state index contributed by atoms with van der Waals surface area (Å²) in [5, 5.41) is 2.62. The molecule has 1 amide bonds. The Hall–Kier alpha value is -2.37. The summed E-state index contributed by atoms with van der Waals surface area (Å²) in [5.41, 5.74) is -0.819. The zero-order valence-corrected chi connectivity index (χ0v) is 18.3. The Morgan fingerprint density at radius 1 is 1.28 bits per heavy atom. The summed E-state index contributed by atoms with van der Waals surface area (Å²) in [4.78, 5) is 28.3. The quantitative estimate of drug-likeness (QED) is 0.663. The highest BCUT2D eigenvalue weighted by molar-refractivity contribution is 7.89. The van der Waals surface area contributed by atoms with Crippen molar-refractivity contribution in [1.82, 2.24) is 9.71 Å². The van der Waals surface area contributed by atoms with Crippen molar-refractivity contribution in [3.63, 3.8) is 0 Å². The summed E-state index contributed by atoms with van der Waals surface area (Å²) in [6, 6.07) is 3.02. The zero-order chi connectivity index (χ0) is 22.0. The summed E-state index contributed by atoms with van der Waals surface area (Å²) in [6.45, 7) is 8.35. The molecule has 2 N–H and O–H groups in total. The smallest absolute Gasteiger partial charge is 0.358 e. The minimum absolute atomic E-state index is 0.0776. The maximum absolute atomic E-state index is 14.1. The predicted octanol–water partition coefficient (Wildman–Crippen LogP) is 3.10. The van der Waals surface area contributed by atoms with E-state index in [2.05, 4.69) is 15.0 Å². The Morgan fingerprint density at radius 3 is 2.52 bits per heavy atom. The van der Waals surface area contributed by atoms with E-state index in [1.807, 2.05) is 0 Å². The van der Waals surface area contributed by atoms with Crippen molar-refractivity contribution in [1.29, 1.82) is 0 Å². The lowest BCUT2D eigenvalue weighted by molar-refractivity contribution is 0.0519. The van der Waals surface area contributed by atoms with Crippen LogP contribution in [0.25, 0.3) is 0 Å². The zero-order valence-electron chi connectivity index (χ0n) is 16.6. The molecule has 0 radical (unpaired) electrons. The molecule has 2 aromatic rings. The number of benzene rings is 1. The first-order valence-corrected chi connectivity index (χ1v) is 10.9. The number of halogens is 1. The molecule has 0 unspecified atom stereocenters. The van der Waals surface area contributed by atoms with Crippen molar-refractivity contribution in [3.05, 3.63) is 40.2 Å². The van der Waals surface area contributed by atoms with E-state index in [4.69, 9.17) is 4.74 Å². The van der Waals surface area contributed by atoms with Crippen molar-refractivity contribution >= 4 is 38.4 Å². The van der Waals surface area contributed by atoms with Crippen LogP contribution in [0, 0.1) is 12.7 Å². The maximum atomic E-state index is 14.1. The first kappa shape index (κ1) is 22.9. The van der Waals surface area contributed by atoms with Crippen LogP contribution in [-0.2, 0) is 14.8 Å². The van der Waals surface area contributed by atoms with Crippen LogP contribution in [0.15, 0.2) is 23.1 Å². The first-order valence-electron chi connectivity index (χ1n) is 8.63. The normalized spacial score (nSPS) is 11.9. The van der Waals surface area contributed by atoms with Crippen molar-refractivity contribution in [2.75, 3.05) is 11.9 Å². The Balaban J connectivity index is 2.29. The van der Waals surface area contributed by atoms with Gasteiger partial charge in [-0.05, 0) is 52.8 Å². The average Bonchev–Trinajstić information content (AvgIpc) is 2.93. The number of esters is 1. The lowest BCUT2D eigenvalue weighted by Crippen LogP contribution is -2.40. The van der Waals surface area contributed by atoms with Crippen LogP contribution in [0.5, 0.6) is 0 Å². The highest BCUT2D eigenvalue weighted by Crippen LogP contribution is 2.24. The number of aromatic nitrogens is 1. The van der Waals surface area contributed by atoms with E-state index in [9.17, 15) is 22.4 Å². The Bertz CT molecular complexity index is 1040. The van der Waals surface area contributed by atoms with Gasteiger partial charge < -0.3 is 4.74 Å².